The van der Waals surface area contributed by atoms with Crippen molar-refractivity contribution in [2.24, 2.45) is 0 Å². The lowest BCUT2D eigenvalue weighted by molar-refractivity contribution is -0.131. The monoisotopic (exact) mass is 305 g/mol. The van der Waals surface area contributed by atoms with Crippen LogP contribution in [0.4, 0.5) is 5.82 Å². The van der Waals surface area contributed by atoms with Crippen LogP contribution in [0.1, 0.15) is 10.4 Å². The second-order valence-electron chi connectivity index (χ2n) is 5.64. The summed E-state index contributed by atoms with van der Waals surface area (Å²) in [6.07, 6.45) is 1.64. The van der Waals surface area contributed by atoms with E-state index in [-0.39, 0.29) is 18.4 Å². The zero-order valence-corrected chi connectivity index (χ0v) is 13.4. The topological polar surface area (TPSA) is 68.8 Å². The predicted molar refractivity (Wildman–Crippen MR) is 85.0 cm³/mol. The lowest BCUT2D eigenvalue weighted by Gasteiger charge is -2.32. The summed E-state index contributed by atoms with van der Waals surface area (Å²) in [7, 11) is 5.69. The van der Waals surface area contributed by atoms with Crippen molar-refractivity contribution < 1.29 is 9.59 Å². The van der Waals surface area contributed by atoms with Crippen LogP contribution in [0.2, 0.25) is 0 Å². The Morgan fingerprint density at radius 2 is 1.95 bits per heavy atom. The molecule has 0 unspecified atom stereocenters. The minimum absolute atomic E-state index is 0.0182. The Labute approximate surface area is 130 Å². The van der Waals surface area contributed by atoms with Crippen molar-refractivity contribution in [2.75, 3.05) is 58.8 Å². The highest BCUT2D eigenvalue weighted by Crippen LogP contribution is 2.13. The number of hydrogen-bond donors (Lipinski definition) is 1. The van der Waals surface area contributed by atoms with Gasteiger partial charge in [0.05, 0.1) is 12.1 Å². The minimum atomic E-state index is -0.278. The average Bonchev–Trinajstić information content (AvgIpc) is 2.53. The van der Waals surface area contributed by atoms with E-state index in [4.69, 9.17) is 0 Å². The van der Waals surface area contributed by atoms with E-state index in [9.17, 15) is 9.59 Å². The second-order valence-corrected chi connectivity index (χ2v) is 5.64. The van der Waals surface area contributed by atoms with Gasteiger partial charge in [-0.1, -0.05) is 0 Å². The minimum Gasteiger partial charge on any atom is -0.362 e. The van der Waals surface area contributed by atoms with Gasteiger partial charge in [0.1, 0.15) is 5.82 Å². The number of nitrogens with zero attached hydrogens (tertiary/aromatic N) is 4. The number of carbonyl (C=O) groups is 2. The predicted octanol–water partition coefficient (Wildman–Crippen LogP) is -0.349. The Bertz CT molecular complexity index is 538. The molecule has 1 N–H and O–H groups in total. The lowest BCUT2D eigenvalue weighted by Crippen LogP contribution is -2.50. The van der Waals surface area contributed by atoms with Gasteiger partial charge < -0.3 is 20.0 Å². The zero-order chi connectivity index (χ0) is 16.1. The number of rotatable bonds is 4. The van der Waals surface area contributed by atoms with E-state index < -0.39 is 0 Å². The fraction of sp³-hybridized carbons (Fsp3) is 0.533. The van der Waals surface area contributed by atoms with Crippen molar-refractivity contribution in [3.05, 3.63) is 23.9 Å². The molecule has 0 aliphatic carbocycles. The molecule has 0 aromatic carbocycles. The smallest absolute Gasteiger partial charge is 0.255 e. The summed E-state index contributed by atoms with van der Waals surface area (Å²) in [6.45, 7) is 3.17. The molecule has 2 rings (SSSR count). The second kappa shape index (κ2) is 7.22. The molecule has 1 aromatic heterocycles. The fourth-order valence-electron chi connectivity index (χ4n) is 2.35. The van der Waals surface area contributed by atoms with Gasteiger partial charge in [-0.25, -0.2) is 4.98 Å². The molecule has 0 atom stereocenters. The van der Waals surface area contributed by atoms with E-state index in [0.29, 0.717) is 24.5 Å². The summed E-state index contributed by atoms with van der Waals surface area (Å²) >= 11 is 0. The highest BCUT2D eigenvalue weighted by molar-refractivity contribution is 6.00. The molecule has 22 heavy (non-hydrogen) atoms. The SMILES string of the molecule is CN1CCN(C(=O)CNC(=O)c2cccnc2N(C)C)CC1. The van der Waals surface area contributed by atoms with Crippen molar-refractivity contribution in [1.82, 2.24) is 20.1 Å². The number of aromatic nitrogens is 1. The first kappa shape index (κ1) is 16.2. The molecule has 0 bridgehead atoms. The number of likely N-dealkylation sites (N-methyl/N-ethyl adjacent to an activating group) is 1. The van der Waals surface area contributed by atoms with Crippen LogP contribution in [0.5, 0.6) is 0 Å². The summed E-state index contributed by atoms with van der Waals surface area (Å²) < 4.78 is 0. The third kappa shape index (κ3) is 3.94. The Morgan fingerprint density at radius 1 is 1.27 bits per heavy atom. The fourth-order valence-corrected chi connectivity index (χ4v) is 2.35. The van der Waals surface area contributed by atoms with Crippen molar-refractivity contribution in [2.45, 2.75) is 0 Å². The number of anilines is 1. The lowest BCUT2D eigenvalue weighted by atomic mass is 10.2. The van der Waals surface area contributed by atoms with Crippen molar-refractivity contribution >= 4 is 17.6 Å². The van der Waals surface area contributed by atoms with Crippen LogP contribution in [-0.2, 0) is 4.79 Å². The van der Waals surface area contributed by atoms with Crippen LogP contribution < -0.4 is 10.2 Å². The normalized spacial score (nSPS) is 15.5. The van der Waals surface area contributed by atoms with Crippen LogP contribution in [0.15, 0.2) is 18.3 Å². The van der Waals surface area contributed by atoms with Gasteiger partial charge in [0.2, 0.25) is 5.91 Å². The standard InChI is InChI=1S/C15H23N5O2/c1-18(2)14-12(5-4-6-16-14)15(22)17-11-13(21)20-9-7-19(3)8-10-20/h4-6H,7-11H2,1-3H3,(H,17,22). The molecule has 1 aromatic rings. The Hall–Kier alpha value is -2.15. The molecule has 0 radical (unpaired) electrons. The van der Waals surface area contributed by atoms with Crippen molar-refractivity contribution in [1.29, 1.82) is 0 Å². The summed E-state index contributed by atoms with van der Waals surface area (Å²) in [5, 5.41) is 2.69. The summed E-state index contributed by atoms with van der Waals surface area (Å²) in [5.74, 6) is 0.267. The highest BCUT2D eigenvalue weighted by atomic mass is 16.2. The van der Waals surface area contributed by atoms with Crippen LogP contribution in [0.25, 0.3) is 0 Å². The van der Waals surface area contributed by atoms with Gasteiger partial charge in [-0.2, -0.15) is 0 Å². The molecular weight excluding hydrogens is 282 g/mol. The maximum Gasteiger partial charge on any atom is 0.255 e. The molecule has 7 nitrogen and oxygen atoms in total. The first-order valence-corrected chi connectivity index (χ1v) is 7.36. The number of hydrogen-bond acceptors (Lipinski definition) is 5. The molecule has 1 fully saturated rings. The number of amides is 2. The first-order valence-electron chi connectivity index (χ1n) is 7.36. The third-order valence-electron chi connectivity index (χ3n) is 3.71. The summed E-state index contributed by atoms with van der Waals surface area (Å²) in [6, 6.07) is 3.42. The third-order valence-corrected chi connectivity index (χ3v) is 3.71. The van der Waals surface area contributed by atoms with Gasteiger partial charge in [-0.3, -0.25) is 9.59 Å². The number of piperazine rings is 1. The number of carbonyl (C=O) groups excluding carboxylic acids is 2. The highest BCUT2D eigenvalue weighted by Gasteiger charge is 2.20. The molecule has 120 valence electrons. The quantitative estimate of drug-likeness (QED) is 0.823. The van der Waals surface area contributed by atoms with Gasteiger partial charge >= 0.3 is 0 Å². The van der Waals surface area contributed by atoms with E-state index in [1.54, 1.807) is 28.1 Å². The number of pyridine rings is 1. The van der Waals surface area contributed by atoms with Gasteiger partial charge in [0, 0.05) is 46.5 Å². The van der Waals surface area contributed by atoms with Crippen LogP contribution in [-0.4, -0.2) is 80.5 Å². The molecule has 1 saturated heterocycles. The van der Waals surface area contributed by atoms with Crippen LogP contribution in [0, 0.1) is 0 Å². The average molecular weight is 305 g/mol. The molecule has 0 spiro atoms. The van der Waals surface area contributed by atoms with E-state index in [0.717, 1.165) is 13.1 Å². The first-order chi connectivity index (χ1) is 10.5. The van der Waals surface area contributed by atoms with Crippen molar-refractivity contribution in [3.8, 4) is 0 Å². The molecular formula is C15H23N5O2. The largest absolute Gasteiger partial charge is 0.362 e. The maximum atomic E-state index is 12.3. The Morgan fingerprint density at radius 3 is 2.59 bits per heavy atom. The summed E-state index contributed by atoms with van der Waals surface area (Å²) in [5.41, 5.74) is 0.471. The van der Waals surface area contributed by atoms with Crippen LogP contribution in [0.3, 0.4) is 0 Å². The number of nitrogens with one attached hydrogen (secondary N) is 1. The summed E-state index contributed by atoms with van der Waals surface area (Å²) in [4.78, 5) is 34.3. The van der Waals surface area contributed by atoms with Gasteiger partial charge in [-0.15, -0.1) is 0 Å². The van der Waals surface area contributed by atoms with E-state index in [1.165, 1.54) is 0 Å². The Balaban J connectivity index is 1.91. The molecule has 2 heterocycles. The van der Waals surface area contributed by atoms with Gasteiger partial charge in [-0.05, 0) is 19.2 Å². The molecule has 2 amide bonds. The molecule has 1 aliphatic heterocycles. The van der Waals surface area contributed by atoms with Crippen molar-refractivity contribution in [3.63, 3.8) is 0 Å². The van der Waals surface area contributed by atoms with Gasteiger partial charge in [0.15, 0.2) is 0 Å². The zero-order valence-electron chi connectivity index (χ0n) is 13.4. The molecule has 1 aliphatic rings. The molecule has 0 saturated carbocycles. The molecule has 7 heteroatoms. The van der Waals surface area contributed by atoms with Crippen LogP contribution >= 0.6 is 0 Å². The van der Waals surface area contributed by atoms with E-state index in [2.05, 4.69) is 15.2 Å². The Kier molecular flexibility index (Phi) is 5.32. The van der Waals surface area contributed by atoms with E-state index in [1.807, 2.05) is 21.1 Å². The van der Waals surface area contributed by atoms with E-state index >= 15 is 0 Å². The maximum absolute atomic E-state index is 12.3. The van der Waals surface area contributed by atoms with Gasteiger partial charge in [0.25, 0.3) is 5.91 Å².